The third-order valence-electron chi connectivity index (χ3n) is 7.16. The summed E-state index contributed by atoms with van der Waals surface area (Å²) in [6, 6.07) is 11.8. The van der Waals surface area contributed by atoms with Gasteiger partial charge in [-0.15, -0.1) is 0 Å². The molecule has 0 amide bonds. The minimum absolute atomic E-state index is 0.361. The Morgan fingerprint density at radius 2 is 1.50 bits per heavy atom. The average Bonchev–Trinajstić information content (AvgIpc) is 3.29. The van der Waals surface area contributed by atoms with Gasteiger partial charge in [-0.2, -0.15) is 0 Å². The van der Waals surface area contributed by atoms with Crippen LogP contribution in [-0.2, 0) is 24.1 Å². The van der Waals surface area contributed by atoms with Crippen molar-refractivity contribution < 1.29 is 29.2 Å². The van der Waals surface area contributed by atoms with Crippen molar-refractivity contribution in [3.05, 3.63) is 71.5 Å². The molecule has 0 bridgehead atoms. The molecule has 11 nitrogen and oxygen atoms in total. The van der Waals surface area contributed by atoms with Gasteiger partial charge in [0.15, 0.2) is 0 Å². The number of benzene rings is 2. The molecule has 2 atom stereocenters. The number of carbonyl (C=O) groups is 2. The molecule has 2 aromatic carbocycles. The fourth-order valence-electron chi connectivity index (χ4n) is 5.04. The number of aromatic nitrogens is 1. The molecular formula is C33H37N5O6. The summed E-state index contributed by atoms with van der Waals surface area (Å²) in [5.74, 6) is -0.960. The Kier molecular flexibility index (Phi) is 9.90. The number of hydrogen-bond donors (Lipinski definition) is 1. The molecule has 1 N–H and O–H groups in total. The van der Waals surface area contributed by atoms with E-state index >= 15 is 0 Å². The van der Waals surface area contributed by atoms with Crippen molar-refractivity contribution in [1.82, 2.24) is 4.57 Å². The predicted molar refractivity (Wildman–Crippen MR) is 172 cm³/mol. The summed E-state index contributed by atoms with van der Waals surface area (Å²) in [6.45, 7) is 11.6. The third kappa shape index (κ3) is 7.54. The molecule has 0 spiro atoms. The summed E-state index contributed by atoms with van der Waals surface area (Å²) in [7, 11) is 0. The Morgan fingerprint density at radius 3 is 2.07 bits per heavy atom. The molecule has 1 aromatic heterocycles. The second-order valence-electron chi connectivity index (χ2n) is 11.1. The number of nitrogens with zero attached hydrogens (tertiary/aromatic N) is 5. The molecule has 1 aliphatic rings. The lowest BCUT2D eigenvalue weighted by molar-refractivity contribution is -0.141. The Balaban J connectivity index is 1.82. The standard InChI is InChI=1S/C33H37N5O6/c1-20(35-42-23(4)39)18-33(7)15-9-8-10-32(33)34-19-38-30-13-11-26(21(2)36-43-24(5)40)16-28(30)29-17-27(12-14-31(29)38)22(3)37-44-25(6)41/h8-14,16-17,19,24,40H,15,18H2,1-7H3/b34-19?,35-20+,36-21-,37-22-. The van der Waals surface area contributed by atoms with Crippen LogP contribution in [0.25, 0.3) is 21.8 Å². The molecule has 2 unspecified atom stereocenters. The van der Waals surface area contributed by atoms with E-state index in [2.05, 4.69) is 28.5 Å². The first kappa shape index (κ1) is 32.0. The maximum Gasteiger partial charge on any atom is 0.331 e. The minimum Gasteiger partial charge on any atom is -0.364 e. The summed E-state index contributed by atoms with van der Waals surface area (Å²) in [6.07, 6.45) is 8.15. The van der Waals surface area contributed by atoms with Crippen LogP contribution in [0.5, 0.6) is 0 Å². The highest BCUT2D eigenvalue weighted by atomic mass is 16.7. The van der Waals surface area contributed by atoms with Gasteiger partial charge in [-0.05, 0) is 75.1 Å². The van der Waals surface area contributed by atoms with Gasteiger partial charge in [0, 0.05) is 42.7 Å². The summed E-state index contributed by atoms with van der Waals surface area (Å²) in [4.78, 5) is 42.3. The lowest BCUT2D eigenvalue weighted by Crippen LogP contribution is -2.23. The quantitative estimate of drug-likeness (QED) is 0.0966. The molecule has 1 aliphatic carbocycles. The summed E-state index contributed by atoms with van der Waals surface area (Å²) in [5, 5.41) is 23.3. The van der Waals surface area contributed by atoms with Crippen molar-refractivity contribution in [1.29, 1.82) is 0 Å². The van der Waals surface area contributed by atoms with Gasteiger partial charge >= 0.3 is 11.9 Å². The van der Waals surface area contributed by atoms with Gasteiger partial charge in [0.25, 0.3) is 0 Å². The molecular weight excluding hydrogens is 562 g/mol. The number of aliphatic imine (C=N–C) groups is 1. The van der Waals surface area contributed by atoms with Crippen molar-refractivity contribution in [3.63, 3.8) is 0 Å². The van der Waals surface area contributed by atoms with E-state index in [0.29, 0.717) is 23.6 Å². The zero-order valence-electron chi connectivity index (χ0n) is 26.0. The first-order chi connectivity index (χ1) is 20.9. The SMILES string of the molecule is CC(=O)O/N=C(/C)c1ccc2c(c1)c1cc(/C(C)=N\OC(C)O)ccc1n2C=NC1=CC=CCC1(C)C/C(C)=N/OC(C)=O. The number of carbonyl (C=O) groups excluding carboxylic acids is 2. The van der Waals surface area contributed by atoms with Crippen LogP contribution in [0.4, 0.5) is 0 Å². The Morgan fingerprint density at radius 1 is 0.932 bits per heavy atom. The second-order valence-corrected chi connectivity index (χ2v) is 11.1. The van der Waals surface area contributed by atoms with Gasteiger partial charge in [-0.25, -0.2) is 14.6 Å². The third-order valence-corrected chi connectivity index (χ3v) is 7.16. The van der Waals surface area contributed by atoms with E-state index in [1.807, 2.05) is 73.3 Å². The lowest BCUT2D eigenvalue weighted by Gasteiger charge is -2.30. The zero-order valence-corrected chi connectivity index (χ0v) is 26.0. The molecule has 11 heteroatoms. The van der Waals surface area contributed by atoms with Gasteiger partial charge in [-0.3, -0.25) is 4.57 Å². The topological polar surface area (TPSA) is 136 Å². The van der Waals surface area contributed by atoms with Crippen molar-refractivity contribution in [2.75, 3.05) is 0 Å². The number of oxime groups is 3. The lowest BCUT2D eigenvalue weighted by atomic mass is 9.76. The van der Waals surface area contributed by atoms with Gasteiger partial charge in [-0.1, -0.05) is 46.7 Å². The Bertz CT molecular complexity index is 1780. The van der Waals surface area contributed by atoms with Crippen molar-refractivity contribution in [2.24, 2.45) is 25.9 Å². The summed E-state index contributed by atoms with van der Waals surface area (Å²) in [5.41, 5.74) is 5.77. The van der Waals surface area contributed by atoms with Crippen LogP contribution >= 0.6 is 0 Å². The highest BCUT2D eigenvalue weighted by Gasteiger charge is 2.30. The molecule has 0 saturated carbocycles. The van der Waals surface area contributed by atoms with E-state index < -0.39 is 18.2 Å². The normalized spacial score (nSPS) is 18.5. The highest BCUT2D eigenvalue weighted by molar-refractivity contribution is 6.15. The highest BCUT2D eigenvalue weighted by Crippen LogP contribution is 2.39. The van der Waals surface area contributed by atoms with Gasteiger partial charge < -0.3 is 19.6 Å². The van der Waals surface area contributed by atoms with E-state index in [0.717, 1.165) is 45.1 Å². The first-order valence-electron chi connectivity index (χ1n) is 14.2. The second kappa shape index (κ2) is 13.6. The average molecular weight is 600 g/mol. The molecule has 230 valence electrons. The van der Waals surface area contributed by atoms with Crippen LogP contribution in [0.15, 0.2) is 80.8 Å². The van der Waals surface area contributed by atoms with Crippen LogP contribution in [0.1, 0.15) is 72.4 Å². The summed E-state index contributed by atoms with van der Waals surface area (Å²) >= 11 is 0. The maximum atomic E-state index is 11.3. The van der Waals surface area contributed by atoms with Gasteiger partial charge in [0.1, 0.15) is 0 Å². The molecule has 0 saturated heterocycles. The van der Waals surface area contributed by atoms with Crippen LogP contribution in [-0.4, -0.2) is 51.4 Å². The zero-order chi connectivity index (χ0) is 32.0. The monoisotopic (exact) mass is 599 g/mol. The van der Waals surface area contributed by atoms with Crippen LogP contribution < -0.4 is 0 Å². The van der Waals surface area contributed by atoms with Crippen molar-refractivity contribution in [3.8, 4) is 0 Å². The van der Waals surface area contributed by atoms with E-state index in [1.54, 1.807) is 6.92 Å². The number of fused-ring (bicyclic) bond motifs is 3. The Labute approximate surface area is 255 Å². The first-order valence-corrected chi connectivity index (χ1v) is 14.2. The van der Waals surface area contributed by atoms with Crippen molar-refractivity contribution >= 4 is 57.2 Å². The minimum atomic E-state index is -1.03. The molecule has 1 heterocycles. The number of aliphatic hydroxyl groups is 1. The fourth-order valence-corrected chi connectivity index (χ4v) is 5.04. The van der Waals surface area contributed by atoms with Crippen LogP contribution in [0.2, 0.25) is 0 Å². The maximum absolute atomic E-state index is 11.3. The van der Waals surface area contributed by atoms with Gasteiger partial charge in [0.2, 0.25) is 6.29 Å². The van der Waals surface area contributed by atoms with Crippen LogP contribution in [0.3, 0.4) is 0 Å². The molecule has 3 aromatic rings. The van der Waals surface area contributed by atoms with E-state index in [9.17, 15) is 14.7 Å². The van der Waals surface area contributed by atoms with Crippen LogP contribution in [0, 0.1) is 5.41 Å². The molecule has 0 aliphatic heterocycles. The molecule has 0 fully saturated rings. The Hall–Kier alpha value is -4.90. The molecule has 4 rings (SSSR count). The smallest absolute Gasteiger partial charge is 0.331 e. The largest absolute Gasteiger partial charge is 0.364 e. The van der Waals surface area contributed by atoms with Gasteiger partial charge in [0.05, 0.1) is 34.5 Å². The number of aliphatic hydroxyl groups excluding tert-OH is 1. The van der Waals surface area contributed by atoms with E-state index in [4.69, 9.17) is 19.5 Å². The van der Waals surface area contributed by atoms with Crippen molar-refractivity contribution in [2.45, 2.75) is 67.6 Å². The number of rotatable bonds is 10. The molecule has 0 radical (unpaired) electrons. The fraction of sp³-hybridized carbons (Fsp3) is 0.333. The number of allylic oxidation sites excluding steroid dienone is 4. The van der Waals surface area contributed by atoms with E-state index in [1.165, 1.54) is 20.8 Å². The summed E-state index contributed by atoms with van der Waals surface area (Å²) < 4.78 is 2.02. The predicted octanol–water partition coefficient (Wildman–Crippen LogP) is 6.22. The molecule has 44 heavy (non-hydrogen) atoms. The number of hydrogen-bond acceptors (Lipinski definition) is 10. The van der Waals surface area contributed by atoms with E-state index in [-0.39, 0.29) is 5.41 Å².